The first-order chi connectivity index (χ1) is 24.1. The van der Waals surface area contributed by atoms with Crippen molar-refractivity contribution < 1.29 is 0 Å². The van der Waals surface area contributed by atoms with Gasteiger partial charge < -0.3 is 0 Å². The molecule has 0 fully saturated rings. The maximum atomic E-state index is 5.14. The van der Waals surface area contributed by atoms with E-state index >= 15 is 0 Å². The molecule has 0 amide bonds. The standard InChI is InChI=1S/C43H30N4S2/c1-27-44-25-41(48-27)39-17-9-15-37(46-39)29-19-21-33-34-22-20-30(38-16-10-18-40(47-38)42-26-45-28(2)49-42)24-36(34)43(35(33)23-29,31-11-5-3-6-12-31)32-13-7-4-8-14-32/h3-26H,1-2H3. The molecule has 0 unspecified atom stereocenters. The Balaban J connectivity index is 1.27. The molecule has 0 aliphatic heterocycles. The van der Waals surface area contributed by atoms with Crippen LogP contribution in [0.5, 0.6) is 0 Å². The van der Waals surface area contributed by atoms with Crippen LogP contribution in [0.4, 0.5) is 0 Å². The maximum Gasteiger partial charge on any atom is 0.0901 e. The van der Waals surface area contributed by atoms with Crippen molar-refractivity contribution >= 4 is 22.7 Å². The van der Waals surface area contributed by atoms with Crippen molar-refractivity contribution in [2.24, 2.45) is 0 Å². The van der Waals surface area contributed by atoms with Gasteiger partial charge in [0.15, 0.2) is 0 Å². The SMILES string of the molecule is Cc1ncc(-c2cccc(-c3ccc4c(c3)C(c3ccccc3)(c3ccccc3)c3cc(-c5cccc(-c6cnc(C)s6)n5)ccc3-4)n2)s1. The highest BCUT2D eigenvalue weighted by atomic mass is 32.1. The van der Waals surface area contributed by atoms with Crippen LogP contribution >= 0.6 is 22.7 Å². The molecule has 4 heterocycles. The molecule has 0 saturated carbocycles. The summed E-state index contributed by atoms with van der Waals surface area (Å²) in [5.41, 5.74) is 12.8. The van der Waals surface area contributed by atoms with E-state index in [1.54, 1.807) is 22.7 Å². The third-order valence-electron chi connectivity index (χ3n) is 9.39. The smallest absolute Gasteiger partial charge is 0.0901 e. The van der Waals surface area contributed by atoms with Crippen molar-refractivity contribution in [3.63, 3.8) is 0 Å². The number of hydrogen-bond donors (Lipinski definition) is 0. The summed E-state index contributed by atoms with van der Waals surface area (Å²) in [6.45, 7) is 4.06. The minimum atomic E-state index is -0.558. The van der Waals surface area contributed by atoms with Gasteiger partial charge in [-0.3, -0.25) is 0 Å². The average Bonchev–Trinajstić information content (AvgIpc) is 3.88. The zero-order chi connectivity index (χ0) is 33.0. The van der Waals surface area contributed by atoms with Crippen LogP contribution in [-0.4, -0.2) is 19.9 Å². The molecular formula is C43H30N4S2. The van der Waals surface area contributed by atoms with Gasteiger partial charge in [0.1, 0.15) is 0 Å². The van der Waals surface area contributed by atoms with E-state index in [1.807, 2.05) is 26.2 Å². The van der Waals surface area contributed by atoms with Crippen LogP contribution in [0.15, 0.2) is 146 Å². The average molecular weight is 667 g/mol. The summed E-state index contributed by atoms with van der Waals surface area (Å²) in [6, 6.07) is 48.1. The third-order valence-corrected chi connectivity index (χ3v) is 11.3. The number of aryl methyl sites for hydroxylation is 2. The second-order valence-corrected chi connectivity index (χ2v) is 14.8. The fraction of sp³-hybridized carbons (Fsp3) is 0.0698. The second-order valence-electron chi connectivity index (χ2n) is 12.3. The number of benzene rings is 4. The first-order valence-electron chi connectivity index (χ1n) is 16.3. The summed E-state index contributed by atoms with van der Waals surface area (Å²) in [5, 5.41) is 2.07. The van der Waals surface area contributed by atoms with Crippen LogP contribution in [0.1, 0.15) is 32.3 Å². The Labute approximate surface area is 293 Å². The molecule has 0 bridgehead atoms. The molecule has 8 aromatic rings. The number of rotatable bonds is 6. The molecule has 0 atom stereocenters. The van der Waals surface area contributed by atoms with E-state index in [4.69, 9.17) is 9.97 Å². The number of aromatic nitrogens is 4. The lowest BCUT2D eigenvalue weighted by Gasteiger charge is -2.34. The molecule has 6 heteroatoms. The normalized spacial score (nSPS) is 12.9. The Bertz CT molecular complexity index is 2310. The van der Waals surface area contributed by atoms with E-state index in [2.05, 4.69) is 143 Å². The molecule has 0 saturated heterocycles. The maximum absolute atomic E-state index is 5.14. The molecule has 4 nitrogen and oxygen atoms in total. The number of pyridine rings is 2. The molecule has 49 heavy (non-hydrogen) atoms. The second kappa shape index (κ2) is 11.8. The lowest BCUT2D eigenvalue weighted by molar-refractivity contribution is 0.769. The zero-order valence-corrected chi connectivity index (χ0v) is 28.6. The summed E-state index contributed by atoms with van der Waals surface area (Å²) in [7, 11) is 0. The van der Waals surface area contributed by atoms with Crippen molar-refractivity contribution in [2.45, 2.75) is 19.3 Å². The quantitative estimate of drug-likeness (QED) is 0.177. The van der Waals surface area contributed by atoms with E-state index in [-0.39, 0.29) is 0 Å². The molecule has 1 aliphatic rings. The van der Waals surface area contributed by atoms with Crippen molar-refractivity contribution in [1.29, 1.82) is 0 Å². The fourth-order valence-electron chi connectivity index (χ4n) is 7.23. The van der Waals surface area contributed by atoms with Crippen LogP contribution in [0.3, 0.4) is 0 Å². The van der Waals surface area contributed by atoms with Gasteiger partial charge >= 0.3 is 0 Å². The van der Waals surface area contributed by atoms with E-state index in [1.165, 1.54) is 33.4 Å². The predicted molar refractivity (Wildman–Crippen MR) is 202 cm³/mol. The largest absolute Gasteiger partial charge is 0.249 e. The van der Waals surface area contributed by atoms with Gasteiger partial charge in [0.25, 0.3) is 0 Å². The van der Waals surface area contributed by atoms with Crippen LogP contribution in [0.2, 0.25) is 0 Å². The highest BCUT2D eigenvalue weighted by Gasteiger charge is 2.46. The third kappa shape index (κ3) is 4.95. The molecule has 1 aliphatic carbocycles. The van der Waals surface area contributed by atoms with Gasteiger partial charge in [-0.1, -0.05) is 97.1 Å². The number of nitrogens with zero attached hydrogens (tertiary/aromatic N) is 4. The van der Waals surface area contributed by atoms with E-state index in [0.717, 1.165) is 53.7 Å². The Morgan fingerprint density at radius 3 is 1.29 bits per heavy atom. The van der Waals surface area contributed by atoms with Gasteiger partial charge in [-0.2, -0.15) is 0 Å². The topological polar surface area (TPSA) is 51.6 Å². The van der Waals surface area contributed by atoms with Crippen molar-refractivity contribution in [1.82, 2.24) is 19.9 Å². The molecule has 4 aromatic carbocycles. The summed E-state index contributed by atoms with van der Waals surface area (Å²) in [4.78, 5) is 21.4. The summed E-state index contributed by atoms with van der Waals surface area (Å²) in [6.07, 6.45) is 3.84. The van der Waals surface area contributed by atoms with Crippen LogP contribution in [0, 0.1) is 13.8 Å². The van der Waals surface area contributed by atoms with Gasteiger partial charge in [-0.15, -0.1) is 22.7 Å². The van der Waals surface area contributed by atoms with Gasteiger partial charge in [-0.25, -0.2) is 19.9 Å². The summed E-state index contributed by atoms with van der Waals surface area (Å²) in [5.74, 6) is 0. The summed E-state index contributed by atoms with van der Waals surface area (Å²) >= 11 is 3.34. The van der Waals surface area contributed by atoms with Gasteiger partial charge in [0.2, 0.25) is 0 Å². The van der Waals surface area contributed by atoms with Crippen LogP contribution in [-0.2, 0) is 5.41 Å². The minimum Gasteiger partial charge on any atom is -0.249 e. The molecule has 234 valence electrons. The Kier molecular flexibility index (Phi) is 7.15. The van der Waals surface area contributed by atoms with E-state index in [9.17, 15) is 0 Å². The van der Waals surface area contributed by atoms with Gasteiger partial charge in [0, 0.05) is 23.5 Å². The first-order valence-corrected chi connectivity index (χ1v) is 17.9. The molecular weight excluding hydrogens is 637 g/mol. The monoisotopic (exact) mass is 666 g/mol. The minimum absolute atomic E-state index is 0.558. The molecule has 0 N–H and O–H groups in total. The highest BCUT2D eigenvalue weighted by Crippen LogP contribution is 2.57. The Morgan fingerprint density at radius 2 is 0.878 bits per heavy atom. The Morgan fingerprint density at radius 1 is 0.449 bits per heavy atom. The molecule has 9 rings (SSSR count). The zero-order valence-electron chi connectivity index (χ0n) is 27.0. The predicted octanol–water partition coefficient (Wildman–Crippen LogP) is 11.0. The molecule has 4 aromatic heterocycles. The van der Waals surface area contributed by atoms with Crippen LogP contribution in [0.25, 0.3) is 54.8 Å². The Hall–Kier alpha value is -5.56. The molecule has 0 spiro atoms. The fourth-order valence-corrected chi connectivity index (χ4v) is 8.73. The van der Waals surface area contributed by atoms with Crippen LogP contribution < -0.4 is 0 Å². The summed E-state index contributed by atoms with van der Waals surface area (Å²) < 4.78 is 0. The van der Waals surface area contributed by atoms with E-state index < -0.39 is 5.41 Å². The van der Waals surface area contributed by atoms with Crippen molar-refractivity contribution in [2.75, 3.05) is 0 Å². The van der Waals surface area contributed by atoms with Crippen molar-refractivity contribution in [3.05, 3.63) is 178 Å². The first kappa shape index (κ1) is 29.6. The lowest BCUT2D eigenvalue weighted by Crippen LogP contribution is -2.28. The number of fused-ring (bicyclic) bond motifs is 3. The lowest BCUT2D eigenvalue weighted by atomic mass is 9.67. The van der Waals surface area contributed by atoms with E-state index in [0.29, 0.717) is 0 Å². The van der Waals surface area contributed by atoms with Crippen molar-refractivity contribution in [3.8, 4) is 54.8 Å². The number of hydrogen-bond acceptors (Lipinski definition) is 6. The number of thiazole rings is 2. The van der Waals surface area contributed by atoms with Gasteiger partial charge in [0.05, 0.1) is 48.0 Å². The highest BCUT2D eigenvalue weighted by molar-refractivity contribution is 7.15. The van der Waals surface area contributed by atoms with Gasteiger partial charge in [-0.05, 0) is 83.6 Å². The molecule has 0 radical (unpaired) electrons.